The van der Waals surface area contributed by atoms with Crippen LogP contribution in [-0.4, -0.2) is 58.7 Å². The van der Waals surface area contributed by atoms with Gasteiger partial charge in [0, 0.05) is 20.9 Å². The monoisotopic (exact) mass is 634 g/mol. The molecule has 6 aromatic heterocycles. The topological polar surface area (TPSA) is 186 Å². The Hall–Kier alpha value is -4.25. The van der Waals surface area contributed by atoms with Gasteiger partial charge in [-0.3, -0.25) is 4.68 Å². The molecule has 43 heavy (non-hydrogen) atoms. The van der Waals surface area contributed by atoms with Crippen LogP contribution in [0.2, 0.25) is 0 Å². The van der Waals surface area contributed by atoms with Gasteiger partial charge in [-0.05, 0) is 78.5 Å². The average molecular weight is 635 g/mol. The van der Waals surface area contributed by atoms with Crippen LogP contribution < -0.4 is 0 Å². The van der Waals surface area contributed by atoms with E-state index >= 15 is 0 Å². The summed E-state index contributed by atoms with van der Waals surface area (Å²) in [6.45, 7) is 22.6. The van der Waals surface area contributed by atoms with Gasteiger partial charge >= 0.3 is 0 Å². The van der Waals surface area contributed by atoms with Crippen LogP contribution in [0.3, 0.4) is 0 Å². The van der Waals surface area contributed by atoms with Crippen molar-refractivity contribution in [3.8, 4) is 0 Å². The lowest BCUT2D eigenvalue weighted by molar-refractivity contribution is 0.389. The van der Waals surface area contributed by atoms with E-state index in [9.17, 15) is 0 Å². The van der Waals surface area contributed by atoms with E-state index in [0.717, 1.165) is 33.1 Å². The third-order valence-corrected chi connectivity index (χ3v) is 5.46. The molecule has 0 N–H and O–H groups in total. The van der Waals surface area contributed by atoms with Gasteiger partial charge in [0.25, 0.3) is 0 Å². The molecule has 236 valence electrons. The molecule has 0 aromatic carbocycles. The number of aromatic nitrogens is 12. The van der Waals surface area contributed by atoms with Gasteiger partial charge < -0.3 is 13.5 Å². The van der Waals surface area contributed by atoms with E-state index in [-0.39, 0.29) is 0 Å². The molecule has 0 aliphatic rings. The van der Waals surface area contributed by atoms with Gasteiger partial charge in [0.15, 0.2) is 18.0 Å². The van der Waals surface area contributed by atoms with Crippen molar-refractivity contribution in [3.63, 3.8) is 0 Å². The summed E-state index contributed by atoms with van der Waals surface area (Å²) < 4.78 is 23.6. The molecule has 0 amide bonds. The van der Waals surface area contributed by atoms with Crippen LogP contribution in [0.5, 0.6) is 0 Å². The Balaban J connectivity index is 0.000000487. The van der Waals surface area contributed by atoms with E-state index in [1.165, 1.54) is 35.8 Å². The molecule has 6 heterocycles. The molecule has 0 aliphatic heterocycles. The lowest BCUT2D eigenvalue weighted by Gasteiger charge is -1.76. The maximum atomic E-state index is 4.85. The fourth-order valence-corrected chi connectivity index (χ4v) is 3.19. The van der Waals surface area contributed by atoms with E-state index in [2.05, 4.69) is 63.1 Å². The van der Waals surface area contributed by atoms with Crippen LogP contribution >= 0.6 is 23.1 Å². The van der Waals surface area contributed by atoms with Crippen LogP contribution in [0, 0.1) is 69.2 Å². The smallest absolute Gasteiger partial charge is 0.223 e. The highest BCUT2D eigenvalue weighted by Crippen LogP contribution is 2.00. The minimum atomic E-state index is 0.623. The van der Waals surface area contributed by atoms with Gasteiger partial charge in [-0.15, -0.1) is 0 Å². The summed E-state index contributed by atoms with van der Waals surface area (Å²) >= 11 is 2.89. The van der Waals surface area contributed by atoms with Crippen molar-refractivity contribution in [3.05, 3.63) is 75.6 Å². The number of nitrogens with zero attached hydrogens (tertiary/aromatic N) is 12. The Bertz CT molecular complexity index is 1250. The van der Waals surface area contributed by atoms with E-state index in [0.29, 0.717) is 23.4 Å². The van der Waals surface area contributed by atoms with Crippen molar-refractivity contribution in [1.82, 2.24) is 58.7 Å². The highest BCUT2D eigenvalue weighted by atomic mass is 32.1. The summed E-state index contributed by atoms with van der Waals surface area (Å²) in [4.78, 5) is 23.2. The van der Waals surface area contributed by atoms with Gasteiger partial charge in [0.1, 0.15) is 40.1 Å². The van der Waals surface area contributed by atoms with E-state index in [4.69, 9.17) is 4.42 Å². The molecule has 0 bridgehead atoms. The van der Waals surface area contributed by atoms with Crippen LogP contribution in [0.25, 0.3) is 0 Å². The summed E-state index contributed by atoms with van der Waals surface area (Å²) in [6.07, 6.45) is 4.59. The van der Waals surface area contributed by atoms with Crippen molar-refractivity contribution in [2.75, 3.05) is 0 Å². The summed E-state index contributed by atoms with van der Waals surface area (Å²) in [5.74, 6) is 5.29. The van der Waals surface area contributed by atoms with Gasteiger partial charge in [0.05, 0.1) is 5.69 Å². The third kappa shape index (κ3) is 20.3. The Morgan fingerprint density at radius 2 is 1.12 bits per heavy atom. The number of aryl methyl sites for hydroxylation is 11. The maximum absolute atomic E-state index is 4.85. The molecule has 0 radical (unpaired) electrons. The van der Waals surface area contributed by atoms with E-state index in [1.54, 1.807) is 38.7 Å². The normalized spacial score (nSPS) is 9.05. The highest BCUT2D eigenvalue weighted by molar-refractivity contribution is 7.05. The molecular weight excluding hydrogens is 593 g/mol. The van der Waals surface area contributed by atoms with Gasteiger partial charge in [-0.1, -0.05) is 24.2 Å². The fourth-order valence-electron chi connectivity index (χ4n) is 2.23. The first-order valence-corrected chi connectivity index (χ1v) is 14.6. The second-order valence-electron chi connectivity index (χ2n) is 8.01. The zero-order valence-corrected chi connectivity index (χ0v) is 28.8. The molecule has 0 saturated heterocycles. The minimum Gasteiger partial charge on any atom is -0.449 e. The largest absolute Gasteiger partial charge is 0.449 e. The van der Waals surface area contributed by atoms with Crippen LogP contribution in [0.4, 0.5) is 0 Å². The lowest BCUT2D eigenvalue weighted by atomic mass is 10.4. The number of oxazole rings is 1. The highest BCUT2D eigenvalue weighted by Gasteiger charge is 1.92. The lowest BCUT2D eigenvalue weighted by Crippen LogP contribution is -1.83. The zero-order valence-electron chi connectivity index (χ0n) is 27.1. The van der Waals surface area contributed by atoms with Gasteiger partial charge in [0.2, 0.25) is 11.8 Å². The molecule has 15 nitrogen and oxygen atoms in total. The quantitative estimate of drug-likeness (QED) is 0.194. The number of rotatable bonds is 0. The Kier molecular flexibility index (Phi) is 20.2. The molecule has 0 aliphatic carbocycles. The molecule has 0 saturated carbocycles. The Morgan fingerprint density at radius 3 is 1.21 bits per heavy atom. The summed E-state index contributed by atoms with van der Waals surface area (Å²) in [6, 6.07) is 0. The van der Waals surface area contributed by atoms with E-state index in [1.807, 2.05) is 62.4 Å². The summed E-state index contributed by atoms with van der Waals surface area (Å²) in [5.41, 5.74) is 0.972. The van der Waals surface area contributed by atoms with E-state index < -0.39 is 0 Å². The number of hydrogen-bond donors (Lipinski definition) is 0. The molecule has 17 heteroatoms. The van der Waals surface area contributed by atoms with Crippen molar-refractivity contribution in [2.45, 2.75) is 83.1 Å². The standard InChI is InChI=1S/C5H7NO.2C4H6N2O.2C4H6N2S.C3H5N3.C2H6/c1-4-5(2)7-3-6-4;4*1-3-5-4(2)7-6-3;1-6-3-4-2-5-6;1-2/h3H,1-2H3;4*1-2H3;2-3H,1H3;1-2H3. The van der Waals surface area contributed by atoms with Crippen molar-refractivity contribution < 1.29 is 13.5 Å². The fraction of sp³-hybridized carbons (Fsp3) is 0.500. The van der Waals surface area contributed by atoms with Crippen LogP contribution in [-0.2, 0) is 7.05 Å². The first kappa shape index (κ1) is 38.8. The van der Waals surface area contributed by atoms with Crippen molar-refractivity contribution >= 4 is 23.1 Å². The second kappa shape index (κ2) is 22.4. The predicted molar refractivity (Wildman–Crippen MR) is 165 cm³/mol. The molecule has 0 fully saturated rings. The minimum absolute atomic E-state index is 0.623. The van der Waals surface area contributed by atoms with Crippen LogP contribution in [0.1, 0.15) is 70.4 Å². The Morgan fingerprint density at radius 1 is 0.651 bits per heavy atom. The van der Waals surface area contributed by atoms with Crippen molar-refractivity contribution in [2.24, 2.45) is 7.05 Å². The Labute approximate surface area is 260 Å². The SMILES string of the molecule is CC.Cc1ncoc1C.Cc1noc(C)n1.Cc1noc(C)n1.Cc1nsc(C)n1.Cc1nsc(C)n1.Cn1cncn1. The van der Waals surface area contributed by atoms with Crippen LogP contribution in [0.15, 0.2) is 32.5 Å². The summed E-state index contributed by atoms with van der Waals surface area (Å²) in [5, 5.41) is 12.9. The summed E-state index contributed by atoms with van der Waals surface area (Å²) in [7, 11) is 1.83. The van der Waals surface area contributed by atoms with Gasteiger partial charge in [-0.2, -0.15) is 23.8 Å². The average Bonchev–Trinajstić information content (AvgIpc) is 3.82. The molecule has 0 atom stereocenters. The predicted octanol–water partition coefficient (Wildman–Crippen LogP) is 5.82. The van der Waals surface area contributed by atoms with Crippen molar-refractivity contribution in [1.29, 1.82) is 0 Å². The number of hydrogen-bond acceptors (Lipinski definition) is 16. The molecule has 6 rings (SSSR count). The second-order valence-corrected chi connectivity index (χ2v) is 9.92. The first-order chi connectivity index (χ1) is 20.3. The van der Waals surface area contributed by atoms with Gasteiger partial charge in [-0.25, -0.2) is 19.9 Å². The third-order valence-electron chi connectivity index (χ3n) is 4.04. The maximum Gasteiger partial charge on any atom is 0.223 e. The molecule has 0 spiro atoms. The molecule has 6 aromatic rings. The first-order valence-electron chi connectivity index (χ1n) is 13.1. The molecular formula is C26H42N12O3S2. The molecule has 0 unspecified atom stereocenters. The zero-order chi connectivity index (χ0) is 32.8.